The molecular formula is C20H12F3N7. The second-order valence-electron chi connectivity index (χ2n) is 6.22. The van der Waals surface area contributed by atoms with Crippen LogP contribution >= 0.6 is 0 Å². The van der Waals surface area contributed by atoms with Crippen LogP contribution in [0.25, 0.3) is 21.7 Å². The fourth-order valence-electron chi connectivity index (χ4n) is 2.76. The Balaban J connectivity index is 1.65. The third kappa shape index (κ3) is 3.56. The highest BCUT2D eigenvalue weighted by Gasteiger charge is 2.29. The first kappa shape index (κ1) is 19.1. The number of benzene rings is 2. The predicted molar refractivity (Wildman–Crippen MR) is 103 cm³/mol. The van der Waals surface area contributed by atoms with Crippen molar-refractivity contribution < 1.29 is 13.2 Å². The van der Waals surface area contributed by atoms with Crippen molar-refractivity contribution in [1.29, 1.82) is 5.41 Å². The molecule has 10 heteroatoms. The largest absolute Gasteiger partial charge is 0.416 e. The first-order valence-corrected chi connectivity index (χ1v) is 8.55. The van der Waals surface area contributed by atoms with Crippen molar-refractivity contribution in [3.8, 4) is 5.69 Å². The SMILES string of the molecule is [C-]#[N+]c1ccc(-n2cnc3c(=N)n(/N=C\c4ccc(C(F)(F)F)cc4)cnc32)cc1. The Kier molecular flexibility index (Phi) is 4.63. The molecular weight excluding hydrogens is 395 g/mol. The van der Waals surface area contributed by atoms with E-state index in [2.05, 4.69) is 19.9 Å². The standard InChI is InChI=1S/C20H12F3N7/c1-25-15-6-8-16(9-7-15)29-11-26-17-18(24)30(12-27-19(17)29)28-10-13-2-4-14(5-3-13)20(21,22)23/h2-12,24H/b24-18?,28-10-. The molecule has 0 bridgehead atoms. The fraction of sp³-hybridized carbons (Fsp3) is 0.0500. The van der Waals surface area contributed by atoms with Crippen LogP contribution in [0.3, 0.4) is 0 Å². The zero-order valence-corrected chi connectivity index (χ0v) is 15.2. The Morgan fingerprint density at radius 1 is 1.00 bits per heavy atom. The number of rotatable bonds is 3. The van der Waals surface area contributed by atoms with E-state index >= 15 is 0 Å². The molecule has 2 aromatic carbocycles. The van der Waals surface area contributed by atoms with Crippen LogP contribution in [0.5, 0.6) is 0 Å². The molecule has 1 N–H and O–H groups in total. The molecule has 0 radical (unpaired) electrons. The minimum atomic E-state index is -4.40. The summed E-state index contributed by atoms with van der Waals surface area (Å²) >= 11 is 0. The number of fused-ring (bicyclic) bond motifs is 1. The van der Waals surface area contributed by atoms with E-state index in [1.807, 2.05) is 0 Å². The summed E-state index contributed by atoms with van der Waals surface area (Å²) in [6.45, 7) is 7.01. The molecule has 2 heterocycles. The summed E-state index contributed by atoms with van der Waals surface area (Å²) in [5, 5.41) is 12.4. The quantitative estimate of drug-likeness (QED) is 0.409. The van der Waals surface area contributed by atoms with Crippen LogP contribution < -0.4 is 5.49 Å². The summed E-state index contributed by atoms with van der Waals surface area (Å²) in [4.78, 5) is 11.9. The molecule has 2 aromatic heterocycles. The highest BCUT2D eigenvalue weighted by Crippen LogP contribution is 2.28. The van der Waals surface area contributed by atoms with Gasteiger partial charge in [-0.15, -0.1) is 0 Å². The van der Waals surface area contributed by atoms with E-state index in [1.165, 1.54) is 35.7 Å². The maximum Gasteiger partial charge on any atom is 0.416 e. The molecule has 0 aliphatic heterocycles. The molecule has 0 fully saturated rings. The van der Waals surface area contributed by atoms with Crippen LogP contribution in [0.1, 0.15) is 11.1 Å². The summed E-state index contributed by atoms with van der Waals surface area (Å²) in [6.07, 6.45) is -0.210. The second-order valence-corrected chi connectivity index (χ2v) is 6.22. The molecule has 4 rings (SSSR count). The molecule has 0 spiro atoms. The van der Waals surface area contributed by atoms with Gasteiger partial charge in [0.25, 0.3) is 0 Å². The number of alkyl halides is 3. The van der Waals surface area contributed by atoms with Crippen LogP contribution in [0.15, 0.2) is 66.3 Å². The fourth-order valence-corrected chi connectivity index (χ4v) is 2.76. The number of imidazole rings is 1. The van der Waals surface area contributed by atoms with Gasteiger partial charge >= 0.3 is 6.18 Å². The van der Waals surface area contributed by atoms with Crippen LogP contribution in [0.4, 0.5) is 18.9 Å². The van der Waals surface area contributed by atoms with Gasteiger partial charge < -0.3 is 0 Å². The van der Waals surface area contributed by atoms with Crippen molar-refractivity contribution in [2.45, 2.75) is 6.18 Å². The van der Waals surface area contributed by atoms with E-state index < -0.39 is 11.7 Å². The van der Waals surface area contributed by atoms with Crippen molar-refractivity contribution in [2.75, 3.05) is 0 Å². The predicted octanol–water partition coefficient (Wildman–Crippen LogP) is 4.15. The third-order valence-corrected chi connectivity index (χ3v) is 4.31. The normalized spacial score (nSPS) is 11.8. The Morgan fingerprint density at radius 3 is 2.33 bits per heavy atom. The smallest absolute Gasteiger partial charge is 0.283 e. The van der Waals surface area contributed by atoms with Gasteiger partial charge in [0.05, 0.1) is 18.4 Å². The number of nitrogens with zero attached hydrogens (tertiary/aromatic N) is 6. The van der Waals surface area contributed by atoms with Crippen LogP contribution in [-0.4, -0.2) is 25.4 Å². The lowest BCUT2D eigenvalue weighted by molar-refractivity contribution is -0.137. The molecule has 0 aliphatic rings. The molecule has 4 aromatic rings. The van der Waals surface area contributed by atoms with Crippen molar-refractivity contribution in [1.82, 2.24) is 19.2 Å². The first-order chi connectivity index (χ1) is 14.4. The van der Waals surface area contributed by atoms with E-state index in [9.17, 15) is 13.2 Å². The van der Waals surface area contributed by atoms with E-state index in [0.29, 0.717) is 22.4 Å². The van der Waals surface area contributed by atoms with E-state index in [0.717, 1.165) is 17.8 Å². The maximum absolute atomic E-state index is 12.6. The van der Waals surface area contributed by atoms with Gasteiger partial charge in [0.15, 0.2) is 22.3 Å². The monoisotopic (exact) mass is 407 g/mol. The third-order valence-electron chi connectivity index (χ3n) is 4.31. The molecule has 0 aliphatic carbocycles. The molecule has 30 heavy (non-hydrogen) atoms. The number of hydrogen-bond acceptors (Lipinski definition) is 4. The van der Waals surface area contributed by atoms with Gasteiger partial charge in [-0.05, 0) is 29.8 Å². The van der Waals surface area contributed by atoms with Gasteiger partial charge in [0.2, 0.25) is 0 Å². The van der Waals surface area contributed by atoms with Gasteiger partial charge in [-0.1, -0.05) is 24.3 Å². The molecule has 148 valence electrons. The molecule has 0 unspecified atom stereocenters. The Morgan fingerprint density at radius 2 is 1.70 bits per heavy atom. The van der Waals surface area contributed by atoms with E-state index in [-0.39, 0.29) is 5.49 Å². The second kappa shape index (κ2) is 7.29. The van der Waals surface area contributed by atoms with Gasteiger partial charge in [0, 0.05) is 5.69 Å². The highest BCUT2D eigenvalue weighted by molar-refractivity contribution is 5.79. The van der Waals surface area contributed by atoms with Crippen LogP contribution in [-0.2, 0) is 6.18 Å². The number of hydrogen-bond donors (Lipinski definition) is 1. The zero-order chi connectivity index (χ0) is 21.3. The van der Waals surface area contributed by atoms with Crippen molar-refractivity contribution in [2.24, 2.45) is 5.10 Å². The molecule has 0 saturated carbocycles. The average Bonchev–Trinajstić information content (AvgIpc) is 3.18. The Hall–Kier alpha value is -4.26. The summed E-state index contributed by atoms with van der Waals surface area (Å²) in [5.74, 6) is 0. The summed E-state index contributed by atoms with van der Waals surface area (Å²) < 4.78 is 40.8. The summed E-state index contributed by atoms with van der Waals surface area (Å²) in [7, 11) is 0. The Bertz CT molecular complexity index is 1340. The van der Waals surface area contributed by atoms with Crippen molar-refractivity contribution >= 4 is 23.1 Å². The van der Waals surface area contributed by atoms with Gasteiger partial charge in [-0.25, -0.2) is 19.5 Å². The molecule has 0 amide bonds. The van der Waals surface area contributed by atoms with Crippen LogP contribution in [0.2, 0.25) is 0 Å². The van der Waals surface area contributed by atoms with Gasteiger partial charge in [-0.3, -0.25) is 9.98 Å². The van der Waals surface area contributed by atoms with Crippen LogP contribution in [0, 0.1) is 12.0 Å². The molecule has 0 atom stereocenters. The topological polar surface area (TPSA) is 76.2 Å². The van der Waals surface area contributed by atoms with E-state index in [4.69, 9.17) is 12.0 Å². The maximum atomic E-state index is 12.6. The lowest BCUT2D eigenvalue weighted by Crippen LogP contribution is -2.18. The zero-order valence-electron chi connectivity index (χ0n) is 15.2. The number of aromatic nitrogens is 4. The lowest BCUT2D eigenvalue weighted by atomic mass is 10.1. The van der Waals surface area contributed by atoms with Crippen molar-refractivity contribution in [3.05, 3.63) is 89.2 Å². The lowest BCUT2D eigenvalue weighted by Gasteiger charge is -2.06. The molecule has 7 nitrogen and oxygen atoms in total. The highest BCUT2D eigenvalue weighted by atomic mass is 19.4. The Labute approximate surface area is 167 Å². The average molecular weight is 407 g/mol. The van der Waals surface area contributed by atoms with Crippen molar-refractivity contribution in [3.63, 3.8) is 0 Å². The minimum absolute atomic E-state index is 0.0281. The van der Waals surface area contributed by atoms with Gasteiger partial charge in [0.1, 0.15) is 12.7 Å². The van der Waals surface area contributed by atoms with Gasteiger partial charge in [-0.2, -0.15) is 18.3 Å². The number of halogens is 3. The summed E-state index contributed by atoms with van der Waals surface area (Å²) in [5.41, 5.74) is 1.66. The molecule has 0 saturated heterocycles. The first-order valence-electron chi connectivity index (χ1n) is 8.55. The van der Waals surface area contributed by atoms with E-state index in [1.54, 1.807) is 28.8 Å². The number of nitrogens with one attached hydrogen (secondary N) is 1. The summed E-state index contributed by atoms with van der Waals surface area (Å²) in [6, 6.07) is 11.4. The minimum Gasteiger partial charge on any atom is -0.283 e.